The molecule has 1 nitrogen and oxygen atoms in total. The molecular weight excluding hydrogens is 160 g/mol. The van der Waals surface area contributed by atoms with E-state index in [1.807, 2.05) is 24.3 Å². The van der Waals surface area contributed by atoms with Gasteiger partial charge in [0.15, 0.2) is 5.78 Å². The lowest BCUT2D eigenvalue weighted by molar-refractivity contribution is -0.115. The molecule has 1 aliphatic rings. The van der Waals surface area contributed by atoms with E-state index < -0.39 is 0 Å². The molecule has 0 amide bonds. The topological polar surface area (TPSA) is 17.1 Å². The lowest BCUT2D eigenvalue weighted by atomic mass is 9.87. The summed E-state index contributed by atoms with van der Waals surface area (Å²) in [5.74, 6) is 0.652. The number of allylic oxidation sites excluding steroid dienone is 2. The van der Waals surface area contributed by atoms with Crippen LogP contribution in [0.2, 0.25) is 0 Å². The summed E-state index contributed by atoms with van der Waals surface area (Å²) >= 11 is 0. The molecule has 1 aromatic rings. The number of rotatable bonds is 1. The van der Waals surface area contributed by atoms with Crippen LogP contribution in [0.3, 0.4) is 0 Å². The van der Waals surface area contributed by atoms with Crippen LogP contribution in [0.25, 0.3) is 0 Å². The second-order valence-electron chi connectivity index (χ2n) is 3.42. The molecule has 0 saturated carbocycles. The molecule has 0 unspecified atom stereocenters. The first-order chi connectivity index (χ1) is 6.36. The van der Waals surface area contributed by atoms with E-state index in [0.29, 0.717) is 12.3 Å². The van der Waals surface area contributed by atoms with E-state index in [-0.39, 0.29) is 5.78 Å². The van der Waals surface area contributed by atoms with Crippen molar-refractivity contribution in [1.29, 1.82) is 0 Å². The number of hydrogen-bond donors (Lipinski definition) is 0. The average molecular weight is 172 g/mol. The van der Waals surface area contributed by atoms with E-state index in [9.17, 15) is 4.79 Å². The average Bonchev–Trinajstić information content (AvgIpc) is 2.19. The van der Waals surface area contributed by atoms with Crippen LogP contribution in [-0.4, -0.2) is 5.78 Å². The first kappa shape index (κ1) is 8.24. The molecule has 0 heterocycles. The summed E-state index contributed by atoms with van der Waals surface area (Å²) in [4.78, 5) is 11.2. The predicted octanol–water partition coefficient (Wildman–Crippen LogP) is 2.69. The van der Waals surface area contributed by atoms with Crippen LogP contribution in [0.1, 0.15) is 24.3 Å². The molecule has 0 N–H and O–H groups in total. The highest BCUT2D eigenvalue weighted by atomic mass is 16.1. The molecule has 0 spiro atoms. The Morgan fingerprint density at radius 2 is 1.92 bits per heavy atom. The number of hydrogen-bond acceptors (Lipinski definition) is 1. The lowest BCUT2D eigenvalue weighted by Crippen LogP contribution is -2.08. The van der Waals surface area contributed by atoms with E-state index in [2.05, 4.69) is 12.1 Å². The monoisotopic (exact) mass is 172 g/mol. The summed E-state index contributed by atoms with van der Waals surface area (Å²) in [6.07, 6.45) is 5.33. The first-order valence-corrected chi connectivity index (χ1v) is 4.60. The van der Waals surface area contributed by atoms with Gasteiger partial charge in [0.25, 0.3) is 0 Å². The molecule has 0 fully saturated rings. The quantitative estimate of drug-likeness (QED) is 0.636. The largest absolute Gasteiger partial charge is 0.295 e. The van der Waals surface area contributed by atoms with Gasteiger partial charge in [0.1, 0.15) is 0 Å². The van der Waals surface area contributed by atoms with Crippen molar-refractivity contribution in [2.45, 2.75) is 18.8 Å². The maximum Gasteiger partial charge on any atom is 0.155 e. The van der Waals surface area contributed by atoms with Crippen molar-refractivity contribution >= 4 is 5.78 Å². The summed E-state index contributed by atoms with van der Waals surface area (Å²) in [6.45, 7) is 0. The van der Waals surface area contributed by atoms with Crippen molar-refractivity contribution < 1.29 is 4.79 Å². The van der Waals surface area contributed by atoms with Gasteiger partial charge in [0.05, 0.1) is 0 Å². The Labute approximate surface area is 78.1 Å². The molecular formula is C12H12O. The normalized spacial score (nSPS) is 21.8. The molecule has 1 atom stereocenters. The molecule has 0 aliphatic heterocycles. The zero-order valence-electron chi connectivity index (χ0n) is 7.44. The Morgan fingerprint density at radius 1 is 1.15 bits per heavy atom. The molecule has 0 saturated heterocycles. The Kier molecular flexibility index (Phi) is 2.26. The van der Waals surface area contributed by atoms with E-state index in [0.717, 1.165) is 6.42 Å². The standard InChI is InChI=1S/C12H12O/c13-12-8-4-7-11(9-12)10-5-2-1-3-6-10/h1-6,8,11H,7,9H2/t11-/m0/s1. The second-order valence-corrected chi connectivity index (χ2v) is 3.42. The summed E-state index contributed by atoms with van der Waals surface area (Å²) in [7, 11) is 0. The fraction of sp³-hybridized carbons (Fsp3) is 0.250. The van der Waals surface area contributed by atoms with Gasteiger partial charge in [-0.1, -0.05) is 36.4 Å². The van der Waals surface area contributed by atoms with Crippen LogP contribution >= 0.6 is 0 Å². The van der Waals surface area contributed by atoms with Crippen molar-refractivity contribution in [3.63, 3.8) is 0 Å². The predicted molar refractivity (Wildman–Crippen MR) is 52.6 cm³/mol. The van der Waals surface area contributed by atoms with Crippen molar-refractivity contribution in [3.05, 3.63) is 48.0 Å². The van der Waals surface area contributed by atoms with Crippen LogP contribution < -0.4 is 0 Å². The summed E-state index contributed by atoms with van der Waals surface area (Å²) in [5.41, 5.74) is 1.28. The fourth-order valence-electron chi connectivity index (χ4n) is 1.74. The summed E-state index contributed by atoms with van der Waals surface area (Å²) < 4.78 is 0. The third-order valence-corrected chi connectivity index (χ3v) is 2.44. The van der Waals surface area contributed by atoms with E-state index in [1.54, 1.807) is 6.08 Å². The van der Waals surface area contributed by atoms with Crippen molar-refractivity contribution in [2.75, 3.05) is 0 Å². The highest BCUT2D eigenvalue weighted by Crippen LogP contribution is 2.26. The number of carbonyl (C=O) groups excluding carboxylic acids is 1. The Morgan fingerprint density at radius 3 is 2.62 bits per heavy atom. The molecule has 1 aromatic carbocycles. The minimum Gasteiger partial charge on any atom is -0.295 e. The zero-order valence-corrected chi connectivity index (χ0v) is 7.44. The van der Waals surface area contributed by atoms with E-state index >= 15 is 0 Å². The van der Waals surface area contributed by atoms with Crippen molar-refractivity contribution in [1.82, 2.24) is 0 Å². The molecule has 2 rings (SSSR count). The fourth-order valence-corrected chi connectivity index (χ4v) is 1.74. The van der Waals surface area contributed by atoms with Gasteiger partial charge in [0, 0.05) is 6.42 Å². The van der Waals surface area contributed by atoms with Crippen LogP contribution in [0.4, 0.5) is 0 Å². The summed E-state index contributed by atoms with van der Waals surface area (Å²) in [6, 6.07) is 10.2. The SMILES string of the molecule is O=C1C=CC[C@H](c2ccccc2)C1. The third kappa shape index (κ3) is 1.86. The zero-order chi connectivity index (χ0) is 9.10. The summed E-state index contributed by atoms with van der Waals surface area (Å²) in [5, 5.41) is 0. The van der Waals surface area contributed by atoms with Crippen molar-refractivity contribution in [2.24, 2.45) is 0 Å². The molecule has 66 valence electrons. The molecule has 0 radical (unpaired) electrons. The molecule has 1 heteroatoms. The van der Waals surface area contributed by atoms with Crippen LogP contribution in [0.5, 0.6) is 0 Å². The Bertz CT molecular complexity index is 324. The minimum atomic E-state index is 0.250. The minimum absolute atomic E-state index is 0.250. The maximum absolute atomic E-state index is 11.2. The molecule has 13 heavy (non-hydrogen) atoms. The van der Waals surface area contributed by atoms with E-state index in [4.69, 9.17) is 0 Å². The van der Waals surface area contributed by atoms with E-state index in [1.165, 1.54) is 5.56 Å². The Hall–Kier alpha value is -1.37. The number of carbonyl (C=O) groups is 1. The van der Waals surface area contributed by atoms with Gasteiger partial charge >= 0.3 is 0 Å². The van der Waals surface area contributed by atoms with Gasteiger partial charge in [-0.2, -0.15) is 0 Å². The number of ketones is 1. The van der Waals surface area contributed by atoms with Crippen LogP contribution in [-0.2, 0) is 4.79 Å². The second kappa shape index (κ2) is 3.56. The molecule has 0 aromatic heterocycles. The number of benzene rings is 1. The highest BCUT2D eigenvalue weighted by molar-refractivity contribution is 5.91. The van der Waals surface area contributed by atoms with Gasteiger partial charge in [0.2, 0.25) is 0 Å². The van der Waals surface area contributed by atoms with Crippen LogP contribution in [0, 0.1) is 0 Å². The van der Waals surface area contributed by atoms with Gasteiger partial charge in [-0.25, -0.2) is 0 Å². The van der Waals surface area contributed by atoms with Crippen LogP contribution in [0.15, 0.2) is 42.5 Å². The maximum atomic E-state index is 11.2. The molecule has 1 aliphatic carbocycles. The lowest BCUT2D eigenvalue weighted by Gasteiger charge is -2.16. The van der Waals surface area contributed by atoms with Crippen molar-refractivity contribution in [3.8, 4) is 0 Å². The molecule has 0 bridgehead atoms. The van der Waals surface area contributed by atoms with Gasteiger partial charge < -0.3 is 0 Å². The van der Waals surface area contributed by atoms with Gasteiger partial charge in [-0.05, 0) is 24.0 Å². The van der Waals surface area contributed by atoms with Gasteiger partial charge in [-0.15, -0.1) is 0 Å². The Balaban J connectivity index is 2.19. The first-order valence-electron chi connectivity index (χ1n) is 4.60. The highest BCUT2D eigenvalue weighted by Gasteiger charge is 2.16. The van der Waals surface area contributed by atoms with Gasteiger partial charge in [-0.3, -0.25) is 4.79 Å². The smallest absolute Gasteiger partial charge is 0.155 e. The third-order valence-electron chi connectivity index (χ3n) is 2.44.